The van der Waals surface area contributed by atoms with Crippen LogP contribution in [0.15, 0.2) is 18.2 Å². The van der Waals surface area contributed by atoms with Gasteiger partial charge >= 0.3 is 0 Å². The first-order valence-electron chi connectivity index (χ1n) is 13.6. The van der Waals surface area contributed by atoms with E-state index in [-0.39, 0.29) is 5.82 Å². The van der Waals surface area contributed by atoms with Crippen molar-refractivity contribution in [1.82, 2.24) is 0 Å². The third kappa shape index (κ3) is 5.55. The van der Waals surface area contributed by atoms with Crippen LogP contribution in [-0.4, -0.2) is 6.04 Å². The predicted molar refractivity (Wildman–Crippen MR) is 130 cm³/mol. The largest absolute Gasteiger partial charge is 0.327 e. The lowest BCUT2D eigenvalue weighted by Gasteiger charge is -2.38. The summed E-state index contributed by atoms with van der Waals surface area (Å²) in [6, 6.07) is 6.63. The molecule has 0 heterocycles. The van der Waals surface area contributed by atoms with Crippen molar-refractivity contribution < 1.29 is 4.39 Å². The number of rotatable bonds is 6. The molecule has 1 aromatic rings. The molecule has 2 N–H and O–H groups in total. The average Bonchev–Trinajstić information content (AvgIpc) is 2.84. The van der Waals surface area contributed by atoms with Crippen LogP contribution in [0.4, 0.5) is 4.39 Å². The van der Waals surface area contributed by atoms with Crippen LogP contribution in [0.25, 0.3) is 0 Å². The lowest BCUT2D eigenvalue weighted by Crippen LogP contribution is -2.32. The maximum absolute atomic E-state index is 15.2. The summed E-state index contributed by atoms with van der Waals surface area (Å²) in [6.07, 6.45) is 18.0. The van der Waals surface area contributed by atoms with Crippen LogP contribution in [0.1, 0.15) is 127 Å². The summed E-state index contributed by atoms with van der Waals surface area (Å²) in [5.74, 6) is 4.54. The van der Waals surface area contributed by atoms with E-state index in [1.54, 1.807) is 0 Å². The van der Waals surface area contributed by atoms with E-state index in [1.807, 2.05) is 6.07 Å². The molecular weight excluding hydrogens is 381 g/mol. The summed E-state index contributed by atoms with van der Waals surface area (Å²) in [4.78, 5) is 0. The summed E-state index contributed by atoms with van der Waals surface area (Å²) < 4.78 is 15.2. The van der Waals surface area contributed by atoms with Gasteiger partial charge in [0.05, 0.1) is 0 Å². The second kappa shape index (κ2) is 10.8. The average molecular weight is 428 g/mol. The highest BCUT2D eigenvalue weighted by Gasteiger charge is 2.32. The minimum atomic E-state index is 0.0665. The van der Waals surface area contributed by atoms with Crippen molar-refractivity contribution in [2.24, 2.45) is 29.4 Å². The van der Waals surface area contributed by atoms with Crippen molar-refractivity contribution in [2.45, 2.75) is 122 Å². The van der Waals surface area contributed by atoms with Gasteiger partial charge in [0.1, 0.15) is 5.82 Å². The smallest absolute Gasteiger partial charge is 0.126 e. The molecule has 0 saturated heterocycles. The Hall–Kier alpha value is -0.890. The van der Waals surface area contributed by atoms with E-state index in [2.05, 4.69) is 26.0 Å². The van der Waals surface area contributed by atoms with Crippen LogP contribution >= 0.6 is 0 Å². The van der Waals surface area contributed by atoms with Gasteiger partial charge in [-0.3, -0.25) is 0 Å². The first-order chi connectivity index (χ1) is 15.1. The molecule has 0 aromatic heterocycles. The second-order valence-electron chi connectivity index (χ2n) is 11.3. The standard InChI is InChI=1S/C29H46FN/c1-3-20-5-7-21(8-6-20)22-9-13-24(14-10-22)27-18-17-26(19-28(27)30)23-11-15-25(16-12-23)29(31)4-2/h17-25,29H,3-16,31H2,1-2H3. The van der Waals surface area contributed by atoms with Gasteiger partial charge in [-0.25, -0.2) is 4.39 Å². The SMILES string of the molecule is CCC1CCC(C2CCC(c3ccc(C4CCC(C(N)CC)CC4)cc3F)CC2)CC1. The lowest BCUT2D eigenvalue weighted by molar-refractivity contribution is 0.158. The zero-order valence-corrected chi connectivity index (χ0v) is 20.1. The fourth-order valence-corrected chi connectivity index (χ4v) is 7.31. The quantitative estimate of drug-likeness (QED) is 0.485. The van der Waals surface area contributed by atoms with Crippen molar-refractivity contribution in [1.29, 1.82) is 0 Å². The van der Waals surface area contributed by atoms with Crippen LogP contribution in [0, 0.1) is 29.5 Å². The molecule has 3 fully saturated rings. The fraction of sp³-hybridized carbons (Fsp3) is 0.793. The van der Waals surface area contributed by atoms with Crippen molar-refractivity contribution in [3.05, 3.63) is 35.1 Å². The minimum absolute atomic E-state index is 0.0665. The zero-order chi connectivity index (χ0) is 21.8. The topological polar surface area (TPSA) is 26.0 Å². The predicted octanol–water partition coefficient (Wildman–Crippen LogP) is 8.33. The van der Waals surface area contributed by atoms with Crippen LogP contribution in [0.5, 0.6) is 0 Å². The molecule has 3 saturated carbocycles. The van der Waals surface area contributed by atoms with Gasteiger partial charge in [-0.15, -0.1) is 0 Å². The van der Waals surface area contributed by atoms with Gasteiger partial charge < -0.3 is 5.73 Å². The third-order valence-electron chi connectivity index (χ3n) is 9.69. The first-order valence-corrected chi connectivity index (χ1v) is 13.6. The number of nitrogens with two attached hydrogens (primary N) is 1. The van der Waals surface area contributed by atoms with Crippen molar-refractivity contribution in [3.8, 4) is 0 Å². The van der Waals surface area contributed by atoms with E-state index in [1.165, 1.54) is 89.0 Å². The molecule has 1 unspecified atom stereocenters. The zero-order valence-electron chi connectivity index (χ0n) is 20.1. The molecule has 0 aliphatic heterocycles. The Bertz CT molecular complexity index is 676. The van der Waals surface area contributed by atoms with Gasteiger partial charge in [-0.1, -0.05) is 45.2 Å². The summed E-state index contributed by atoms with van der Waals surface area (Å²) >= 11 is 0. The molecule has 2 heteroatoms. The summed E-state index contributed by atoms with van der Waals surface area (Å²) in [5, 5.41) is 0. The molecule has 0 spiro atoms. The summed E-state index contributed by atoms with van der Waals surface area (Å²) in [5.41, 5.74) is 8.49. The molecule has 31 heavy (non-hydrogen) atoms. The van der Waals surface area contributed by atoms with Crippen LogP contribution in [0.2, 0.25) is 0 Å². The van der Waals surface area contributed by atoms with Crippen molar-refractivity contribution in [2.75, 3.05) is 0 Å². The Morgan fingerprint density at radius 1 is 0.806 bits per heavy atom. The maximum atomic E-state index is 15.2. The Kier molecular flexibility index (Phi) is 8.12. The van der Waals surface area contributed by atoms with Crippen LogP contribution in [0.3, 0.4) is 0 Å². The normalized spacial score (nSPS) is 35.6. The molecule has 3 aliphatic carbocycles. The Labute approximate surface area is 190 Å². The van der Waals surface area contributed by atoms with Crippen LogP contribution in [-0.2, 0) is 0 Å². The molecule has 0 radical (unpaired) electrons. The Morgan fingerprint density at radius 3 is 1.94 bits per heavy atom. The summed E-state index contributed by atoms with van der Waals surface area (Å²) in [6.45, 7) is 4.54. The first kappa shape index (κ1) is 23.3. The second-order valence-corrected chi connectivity index (χ2v) is 11.3. The molecule has 0 amide bonds. The van der Waals surface area contributed by atoms with E-state index in [9.17, 15) is 0 Å². The summed E-state index contributed by atoms with van der Waals surface area (Å²) in [7, 11) is 0. The van der Waals surface area contributed by atoms with Gasteiger partial charge in [-0.05, 0) is 123 Å². The van der Waals surface area contributed by atoms with E-state index in [0.29, 0.717) is 23.8 Å². The van der Waals surface area contributed by atoms with Gasteiger partial charge in [0.25, 0.3) is 0 Å². The van der Waals surface area contributed by atoms with E-state index in [0.717, 1.165) is 29.7 Å². The van der Waals surface area contributed by atoms with E-state index < -0.39 is 0 Å². The molecular formula is C29H46FN. The number of hydrogen-bond donors (Lipinski definition) is 1. The fourth-order valence-electron chi connectivity index (χ4n) is 7.31. The molecule has 3 aliphatic rings. The Morgan fingerprint density at radius 2 is 1.39 bits per heavy atom. The minimum Gasteiger partial charge on any atom is -0.327 e. The third-order valence-corrected chi connectivity index (χ3v) is 9.69. The number of halogens is 1. The lowest BCUT2D eigenvalue weighted by atomic mass is 9.68. The van der Waals surface area contributed by atoms with E-state index >= 15 is 4.39 Å². The van der Waals surface area contributed by atoms with Gasteiger partial charge in [0.15, 0.2) is 0 Å². The highest BCUT2D eigenvalue weighted by molar-refractivity contribution is 5.30. The molecule has 174 valence electrons. The number of benzene rings is 1. The maximum Gasteiger partial charge on any atom is 0.126 e. The highest BCUT2D eigenvalue weighted by Crippen LogP contribution is 2.45. The highest BCUT2D eigenvalue weighted by atomic mass is 19.1. The molecule has 0 bridgehead atoms. The monoisotopic (exact) mass is 427 g/mol. The molecule has 1 nitrogen and oxygen atoms in total. The van der Waals surface area contributed by atoms with Gasteiger partial charge in [0.2, 0.25) is 0 Å². The number of hydrogen-bond acceptors (Lipinski definition) is 1. The van der Waals surface area contributed by atoms with Crippen molar-refractivity contribution in [3.63, 3.8) is 0 Å². The molecule has 1 aromatic carbocycles. The Balaban J connectivity index is 1.29. The van der Waals surface area contributed by atoms with Gasteiger partial charge in [-0.2, -0.15) is 0 Å². The molecule has 4 rings (SSSR count). The van der Waals surface area contributed by atoms with E-state index in [4.69, 9.17) is 5.73 Å². The van der Waals surface area contributed by atoms with Crippen molar-refractivity contribution >= 4 is 0 Å². The van der Waals surface area contributed by atoms with Gasteiger partial charge in [0, 0.05) is 6.04 Å². The molecule has 1 atom stereocenters. The van der Waals surface area contributed by atoms with Crippen LogP contribution < -0.4 is 5.73 Å².